The lowest BCUT2D eigenvalue weighted by atomic mass is 9.97. The monoisotopic (exact) mass is 379 g/mol. The Morgan fingerprint density at radius 2 is 1.89 bits per heavy atom. The van der Waals surface area contributed by atoms with Crippen LogP contribution >= 0.6 is 0 Å². The van der Waals surface area contributed by atoms with Gasteiger partial charge in [-0.2, -0.15) is 18.2 Å². The van der Waals surface area contributed by atoms with Crippen LogP contribution in [0.5, 0.6) is 0 Å². The fraction of sp³-hybridized carbons (Fsp3) is 0.263. The molecule has 0 spiro atoms. The van der Waals surface area contributed by atoms with Crippen LogP contribution in [0.25, 0.3) is 22.6 Å². The van der Waals surface area contributed by atoms with E-state index < -0.39 is 17.6 Å². The second kappa shape index (κ2) is 7.48. The third kappa shape index (κ3) is 4.33. The van der Waals surface area contributed by atoms with Gasteiger partial charge in [0.15, 0.2) is 5.82 Å². The first-order chi connectivity index (χ1) is 12.8. The van der Waals surface area contributed by atoms with Gasteiger partial charge in [0.25, 0.3) is 5.89 Å². The van der Waals surface area contributed by atoms with Gasteiger partial charge in [0, 0.05) is 12.5 Å². The summed E-state index contributed by atoms with van der Waals surface area (Å²) in [6.07, 6.45) is -3.98. The molecule has 4 nitrogen and oxygen atoms in total. The third-order valence-corrected chi connectivity index (χ3v) is 4.16. The molecular weight excluding hydrogens is 362 g/mol. The molecule has 1 unspecified atom stereocenters. The van der Waals surface area contributed by atoms with Gasteiger partial charge in [0.05, 0.1) is 11.1 Å². The van der Waals surface area contributed by atoms with Crippen molar-refractivity contribution in [1.29, 1.82) is 0 Å². The molecule has 0 aliphatic heterocycles. The number of aromatic nitrogens is 2. The number of rotatable bonds is 5. The van der Waals surface area contributed by atoms with Crippen molar-refractivity contribution in [2.45, 2.75) is 25.6 Å². The zero-order valence-electron chi connectivity index (χ0n) is 14.6. The highest BCUT2D eigenvalue weighted by Crippen LogP contribution is 2.36. The molecule has 1 N–H and O–H groups in total. The van der Waals surface area contributed by atoms with Gasteiger partial charge in [-0.3, -0.25) is 0 Å². The van der Waals surface area contributed by atoms with Gasteiger partial charge in [-0.15, -0.1) is 0 Å². The summed E-state index contributed by atoms with van der Waals surface area (Å²) in [5, 5.41) is 6.91. The molecule has 3 rings (SSSR count). The number of halogens is 4. The lowest BCUT2D eigenvalue weighted by molar-refractivity contribution is -0.137. The molecule has 0 aliphatic rings. The summed E-state index contributed by atoms with van der Waals surface area (Å²) in [5.41, 5.74) is 0.108. The predicted octanol–water partition coefficient (Wildman–Crippen LogP) is 4.71. The first-order valence-corrected chi connectivity index (χ1v) is 8.25. The Labute approximate surface area is 153 Å². The molecule has 0 saturated heterocycles. The van der Waals surface area contributed by atoms with E-state index in [1.165, 1.54) is 30.3 Å². The van der Waals surface area contributed by atoms with Crippen LogP contribution in [0.2, 0.25) is 0 Å². The van der Waals surface area contributed by atoms with Crippen molar-refractivity contribution in [2.75, 3.05) is 7.05 Å². The van der Waals surface area contributed by atoms with Crippen LogP contribution < -0.4 is 5.32 Å². The van der Waals surface area contributed by atoms with E-state index in [2.05, 4.69) is 15.5 Å². The van der Waals surface area contributed by atoms with Gasteiger partial charge in [-0.1, -0.05) is 23.4 Å². The van der Waals surface area contributed by atoms with Crippen molar-refractivity contribution < 1.29 is 22.1 Å². The van der Waals surface area contributed by atoms with Gasteiger partial charge < -0.3 is 9.84 Å². The van der Waals surface area contributed by atoms with E-state index in [0.717, 1.165) is 12.1 Å². The van der Waals surface area contributed by atoms with Crippen molar-refractivity contribution in [3.8, 4) is 22.6 Å². The van der Waals surface area contributed by atoms with E-state index in [1.807, 2.05) is 6.92 Å². The molecule has 142 valence electrons. The fourth-order valence-corrected chi connectivity index (χ4v) is 2.63. The largest absolute Gasteiger partial charge is 0.416 e. The quantitative estimate of drug-likeness (QED) is 0.652. The Bertz CT molecular complexity index is 937. The fourth-order valence-electron chi connectivity index (χ4n) is 2.63. The molecule has 0 radical (unpaired) electrons. The van der Waals surface area contributed by atoms with Crippen molar-refractivity contribution in [1.82, 2.24) is 15.5 Å². The first-order valence-electron chi connectivity index (χ1n) is 8.25. The van der Waals surface area contributed by atoms with Crippen molar-refractivity contribution in [3.05, 3.63) is 59.7 Å². The van der Waals surface area contributed by atoms with Crippen LogP contribution in [0, 0.1) is 5.82 Å². The molecular formula is C19H17F4N3O. The average Bonchev–Trinajstić information content (AvgIpc) is 3.09. The molecule has 1 atom stereocenters. The normalized spacial score (nSPS) is 13.0. The molecule has 3 aromatic rings. The summed E-state index contributed by atoms with van der Waals surface area (Å²) in [6, 6.07) is 8.68. The van der Waals surface area contributed by atoms with Crippen molar-refractivity contribution in [3.63, 3.8) is 0 Å². The zero-order valence-corrected chi connectivity index (χ0v) is 14.6. The SMILES string of the molecule is CNC(C)Cc1noc(-c2cc(F)ccc2-c2cccc(C(F)(F)F)c2)n1. The third-order valence-electron chi connectivity index (χ3n) is 4.16. The average molecular weight is 379 g/mol. The molecule has 0 amide bonds. The van der Waals surface area contributed by atoms with Gasteiger partial charge in [-0.25, -0.2) is 4.39 Å². The maximum atomic E-state index is 13.8. The lowest BCUT2D eigenvalue weighted by Crippen LogP contribution is -2.24. The Morgan fingerprint density at radius 3 is 2.59 bits per heavy atom. The minimum atomic E-state index is -4.48. The first kappa shape index (κ1) is 19.0. The number of benzene rings is 2. The van der Waals surface area contributed by atoms with Gasteiger partial charge in [0.1, 0.15) is 5.82 Å². The number of likely N-dealkylation sites (N-methyl/N-ethyl adjacent to an activating group) is 1. The Kier molecular flexibility index (Phi) is 5.27. The van der Waals surface area contributed by atoms with Gasteiger partial charge in [-0.05, 0) is 49.4 Å². The lowest BCUT2D eigenvalue weighted by Gasteiger charge is -2.11. The number of hydrogen-bond donors (Lipinski definition) is 1. The van der Waals surface area contributed by atoms with Crippen LogP contribution in [0.3, 0.4) is 0 Å². The molecule has 2 aromatic carbocycles. The molecule has 1 heterocycles. The minimum absolute atomic E-state index is 0.0558. The second-order valence-corrected chi connectivity index (χ2v) is 6.18. The van der Waals surface area contributed by atoms with Crippen LogP contribution in [-0.2, 0) is 12.6 Å². The molecule has 0 saturated carbocycles. The maximum Gasteiger partial charge on any atom is 0.416 e. The second-order valence-electron chi connectivity index (χ2n) is 6.18. The highest BCUT2D eigenvalue weighted by atomic mass is 19.4. The van der Waals surface area contributed by atoms with Gasteiger partial charge in [0.2, 0.25) is 0 Å². The predicted molar refractivity (Wildman–Crippen MR) is 92.4 cm³/mol. The number of nitrogens with zero attached hydrogens (tertiary/aromatic N) is 2. The van der Waals surface area contributed by atoms with E-state index in [9.17, 15) is 17.6 Å². The summed E-state index contributed by atoms with van der Waals surface area (Å²) < 4.78 is 58.1. The zero-order chi connectivity index (χ0) is 19.6. The summed E-state index contributed by atoms with van der Waals surface area (Å²) >= 11 is 0. The van der Waals surface area contributed by atoms with Gasteiger partial charge >= 0.3 is 6.18 Å². The highest BCUT2D eigenvalue weighted by Gasteiger charge is 2.30. The molecule has 27 heavy (non-hydrogen) atoms. The number of nitrogens with one attached hydrogen (secondary N) is 1. The van der Waals surface area contributed by atoms with Crippen LogP contribution in [0.15, 0.2) is 47.0 Å². The van der Waals surface area contributed by atoms with E-state index >= 15 is 0 Å². The molecule has 0 fully saturated rings. The van der Waals surface area contributed by atoms with Crippen molar-refractivity contribution in [2.24, 2.45) is 0 Å². The van der Waals surface area contributed by atoms with E-state index in [-0.39, 0.29) is 23.1 Å². The summed E-state index contributed by atoms with van der Waals surface area (Å²) in [4.78, 5) is 4.26. The smallest absolute Gasteiger partial charge is 0.334 e. The molecule has 0 aliphatic carbocycles. The van der Waals surface area contributed by atoms with E-state index in [4.69, 9.17) is 4.52 Å². The topological polar surface area (TPSA) is 51.0 Å². The molecule has 0 bridgehead atoms. The Balaban J connectivity index is 2.05. The van der Waals surface area contributed by atoms with Crippen LogP contribution in [0.4, 0.5) is 17.6 Å². The summed E-state index contributed by atoms with van der Waals surface area (Å²) in [6.45, 7) is 1.94. The number of alkyl halides is 3. The van der Waals surface area contributed by atoms with Crippen LogP contribution in [0.1, 0.15) is 18.3 Å². The Morgan fingerprint density at radius 1 is 1.11 bits per heavy atom. The standard InChI is InChI=1S/C19H17F4N3O/c1-11(24-2)8-17-25-18(27-26-17)16-10-14(20)6-7-15(16)12-4-3-5-13(9-12)19(21,22)23/h3-7,9-11,24H,8H2,1-2H3. The van der Waals surface area contributed by atoms with Crippen LogP contribution in [-0.4, -0.2) is 23.2 Å². The Hall–Kier alpha value is -2.74. The molecule has 8 heteroatoms. The maximum absolute atomic E-state index is 13.8. The van der Waals surface area contributed by atoms with E-state index in [0.29, 0.717) is 17.8 Å². The van der Waals surface area contributed by atoms with Crippen molar-refractivity contribution >= 4 is 0 Å². The minimum Gasteiger partial charge on any atom is -0.334 e. The summed E-state index contributed by atoms with van der Waals surface area (Å²) in [5.74, 6) is -0.0737. The molecule has 1 aromatic heterocycles. The highest BCUT2D eigenvalue weighted by molar-refractivity contribution is 5.80. The number of hydrogen-bond acceptors (Lipinski definition) is 4. The van der Waals surface area contributed by atoms with E-state index in [1.54, 1.807) is 7.05 Å². The summed E-state index contributed by atoms with van der Waals surface area (Å²) in [7, 11) is 1.80.